The number of H-pyrrole nitrogens is 1. The van der Waals surface area contributed by atoms with E-state index in [2.05, 4.69) is 34.4 Å². The standard InChI is InChI=1S/C15H12N2OS/c1-19-13-4-2-3-10(6-13)11-5-12-9-17-15(18)7-14(12)16-8-11/h2-9,16H,1H3. The second-order valence-corrected chi connectivity index (χ2v) is 5.11. The van der Waals surface area contributed by atoms with Crippen LogP contribution in [-0.4, -0.2) is 16.2 Å². The Labute approximate surface area is 115 Å². The van der Waals surface area contributed by atoms with Gasteiger partial charge in [-0.25, -0.2) is 4.98 Å². The molecule has 0 unspecified atom stereocenters. The van der Waals surface area contributed by atoms with Gasteiger partial charge in [-0.2, -0.15) is 0 Å². The van der Waals surface area contributed by atoms with Gasteiger partial charge in [-0.3, -0.25) is 4.79 Å². The molecule has 2 aliphatic rings. The van der Waals surface area contributed by atoms with Crippen LogP contribution in [0.4, 0.5) is 0 Å². The molecule has 0 spiro atoms. The van der Waals surface area contributed by atoms with Crippen molar-refractivity contribution in [2.24, 2.45) is 0 Å². The van der Waals surface area contributed by atoms with Crippen LogP contribution in [0.3, 0.4) is 0 Å². The van der Waals surface area contributed by atoms with E-state index in [0.717, 1.165) is 22.4 Å². The molecule has 3 nitrogen and oxygen atoms in total. The van der Waals surface area contributed by atoms with Crippen LogP contribution >= 0.6 is 11.8 Å². The number of pyridine rings is 2. The van der Waals surface area contributed by atoms with E-state index >= 15 is 0 Å². The normalized spacial score (nSPS) is 10.8. The van der Waals surface area contributed by atoms with Gasteiger partial charge in [-0.15, -0.1) is 11.8 Å². The molecule has 1 N–H and O–H groups in total. The molecule has 0 radical (unpaired) electrons. The van der Waals surface area contributed by atoms with Crippen molar-refractivity contribution >= 4 is 11.8 Å². The fourth-order valence-electron chi connectivity index (χ4n) is 2.02. The van der Waals surface area contributed by atoms with Crippen molar-refractivity contribution < 1.29 is 0 Å². The predicted molar refractivity (Wildman–Crippen MR) is 78.7 cm³/mol. The lowest BCUT2D eigenvalue weighted by atomic mass is 10.0. The predicted octanol–water partition coefficient (Wildman–Crippen LogP) is 3.26. The Hall–Kier alpha value is -2.07. The average molecular weight is 268 g/mol. The van der Waals surface area contributed by atoms with Crippen molar-refractivity contribution in [2.45, 2.75) is 4.90 Å². The molecule has 0 saturated carbocycles. The van der Waals surface area contributed by atoms with E-state index in [1.807, 2.05) is 18.3 Å². The Kier molecular flexibility index (Phi) is 3.09. The molecule has 0 saturated heterocycles. The van der Waals surface area contributed by atoms with Crippen LogP contribution < -0.4 is 5.56 Å². The maximum Gasteiger partial charge on any atom is 0.271 e. The van der Waals surface area contributed by atoms with Crippen LogP contribution in [0.15, 0.2) is 58.5 Å². The zero-order valence-electron chi connectivity index (χ0n) is 10.4. The second-order valence-electron chi connectivity index (χ2n) is 4.23. The molecular weight excluding hydrogens is 256 g/mol. The van der Waals surface area contributed by atoms with Crippen molar-refractivity contribution in [3.63, 3.8) is 0 Å². The lowest BCUT2D eigenvalue weighted by Gasteiger charge is -2.08. The molecule has 3 rings (SSSR count). The smallest absolute Gasteiger partial charge is 0.271 e. The third kappa shape index (κ3) is 2.39. The Bertz CT molecular complexity index is 751. The molecule has 0 aliphatic carbocycles. The van der Waals surface area contributed by atoms with Gasteiger partial charge in [-0.1, -0.05) is 12.1 Å². The third-order valence-corrected chi connectivity index (χ3v) is 3.73. The molecule has 0 fully saturated rings. The fourth-order valence-corrected chi connectivity index (χ4v) is 2.48. The van der Waals surface area contributed by atoms with E-state index in [1.54, 1.807) is 18.0 Å². The molecule has 94 valence electrons. The van der Waals surface area contributed by atoms with Gasteiger partial charge in [0.1, 0.15) is 0 Å². The van der Waals surface area contributed by atoms with Crippen molar-refractivity contribution in [3.8, 4) is 22.4 Å². The van der Waals surface area contributed by atoms with E-state index in [1.165, 1.54) is 11.0 Å². The van der Waals surface area contributed by atoms with Crippen LogP contribution in [0.1, 0.15) is 0 Å². The van der Waals surface area contributed by atoms with Crippen molar-refractivity contribution in [1.29, 1.82) is 0 Å². The molecule has 1 aromatic rings. The summed E-state index contributed by atoms with van der Waals surface area (Å²) in [6.45, 7) is 0. The number of aromatic nitrogens is 2. The Morgan fingerprint density at radius 3 is 2.84 bits per heavy atom. The average Bonchev–Trinajstić information content (AvgIpc) is 2.46. The largest absolute Gasteiger partial charge is 0.360 e. The number of thioether (sulfide) groups is 1. The summed E-state index contributed by atoms with van der Waals surface area (Å²) >= 11 is 1.72. The van der Waals surface area contributed by atoms with Gasteiger partial charge >= 0.3 is 0 Å². The number of aromatic amines is 1. The van der Waals surface area contributed by atoms with Gasteiger partial charge in [0, 0.05) is 28.9 Å². The highest BCUT2D eigenvalue weighted by Crippen LogP contribution is 2.27. The van der Waals surface area contributed by atoms with Gasteiger partial charge in [0.15, 0.2) is 0 Å². The molecule has 0 aromatic heterocycles. The third-order valence-electron chi connectivity index (χ3n) is 3.01. The number of hydrogen-bond acceptors (Lipinski definition) is 3. The SMILES string of the molecule is CSc1cccc(-c2c[nH]c3cc(=O)ncc-3c2)c1. The minimum Gasteiger partial charge on any atom is -0.360 e. The number of nitrogens with one attached hydrogen (secondary N) is 1. The summed E-state index contributed by atoms with van der Waals surface area (Å²) in [5.74, 6) is 0. The van der Waals surface area contributed by atoms with Crippen LogP contribution in [0.2, 0.25) is 0 Å². The summed E-state index contributed by atoms with van der Waals surface area (Å²) in [4.78, 5) is 19.4. The van der Waals surface area contributed by atoms with Crippen molar-refractivity contribution in [3.05, 3.63) is 59.1 Å². The van der Waals surface area contributed by atoms with Crippen LogP contribution in [-0.2, 0) is 0 Å². The Morgan fingerprint density at radius 2 is 2.00 bits per heavy atom. The molecule has 4 heteroatoms. The van der Waals surface area contributed by atoms with Gasteiger partial charge in [0.05, 0.1) is 5.69 Å². The molecule has 19 heavy (non-hydrogen) atoms. The van der Waals surface area contributed by atoms with Gasteiger partial charge in [-0.05, 0) is 35.6 Å². The zero-order valence-corrected chi connectivity index (χ0v) is 11.2. The first-order valence-corrected chi connectivity index (χ1v) is 7.12. The summed E-state index contributed by atoms with van der Waals surface area (Å²) in [6.07, 6.45) is 5.59. The van der Waals surface area contributed by atoms with E-state index in [0.29, 0.717) is 0 Å². The topological polar surface area (TPSA) is 45.8 Å². The van der Waals surface area contributed by atoms with Crippen molar-refractivity contribution in [1.82, 2.24) is 9.97 Å². The molecule has 0 bridgehead atoms. The first kappa shape index (κ1) is 12.0. The molecule has 2 heterocycles. The maximum absolute atomic E-state index is 11.2. The highest BCUT2D eigenvalue weighted by atomic mass is 32.2. The molecule has 2 aliphatic heterocycles. The lowest BCUT2D eigenvalue weighted by Crippen LogP contribution is -2.05. The summed E-state index contributed by atoms with van der Waals surface area (Å²) in [6, 6.07) is 11.9. The quantitative estimate of drug-likeness (QED) is 0.726. The van der Waals surface area contributed by atoms with Crippen LogP contribution in [0.25, 0.3) is 22.4 Å². The molecule has 1 aromatic carbocycles. The molecule has 0 amide bonds. The minimum atomic E-state index is -0.221. The van der Waals surface area contributed by atoms with E-state index in [4.69, 9.17) is 0 Å². The van der Waals surface area contributed by atoms with Crippen molar-refractivity contribution in [2.75, 3.05) is 6.26 Å². The lowest BCUT2D eigenvalue weighted by molar-refractivity contribution is 1.19. The summed E-state index contributed by atoms with van der Waals surface area (Å²) in [7, 11) is 0. The van der Waals surface area contributed by atoms with Crippen LogP contribution in [0, 0.1) is 0 Å². The number of nitrogens with zero attached hydrogens (tertiary/aromatic N) is 1. The van der Waals surface area contributed by atoms with E-state index in [9.17, 15) is 4.79 Å². The summed E-state index contributed by atoms with van der Waals surface area (Å²) < 4.78 is 0. The Balaban J connectivity index is 2.13. The number of fused-ring (bicyclic) bond motifs is 1. The zero-order chi connectivity index (χ0) is 13.2. The van der Waals surface area contributed by atoms with Crippen LogP contribution in [0.5, 0.6) is 0 Å². The highest BCUT2D eigenvalue weighted by Gasteiger charge is 2.06. The van der Waals surface area contributed by atoms with E-state index < -0.39 is 0 Å². The first-order chi connectivity index (χ1) is 9.26. The second kappa shape index (κ2) is 4.90. The van der Waals surface area contributed by atoms with Gasteiger partial charge in [0.25, 0.3) is 5.56 Å². The van der Waals surface area contributed by atoms with Gasteiger partial charge < -0.3 is 4.98 Å². The minimum absolute atomic E-state index is 0.221. The van der Waals surface area contributed by atoms with E-state index in [-0.39, 0.29) is 5.56 Å². The monoisotopic (exact) mass is 268 g/mol. The molecular formula is C15H12N2OS. The maximum atomic E-state index is 11.2. The Morgan fingerprint density at radius 1 is 1.11 bits per heavy atom. The summed E-state index contributed by atoms with van der Waals surface area (Å²) in [5, 5.41) is 0. The summed E-state index contributed by atoms with van der Waals surface area (Å²) in [5.41, 5.74) is 3.76. The van der Waals surface area contributed by atoms with Gasteiger partial charge in [0.2, 0.25) is 0 Å². The number of rotatable bonds is 2. The number of hydrogen-bond donors (Lipinski definition) is 1. The first-order valence-electron chi connectivity index (χ1n) is 5.89. The number of benzene rings is 1. The molecule has 0 atom stereocenters. The fraction of sp³-hybridized carbons (Fsp3) is 0.0667. The highest BCUT2D eigenvalue weighted by molar-refractivity contribution is 7.98.